The Morgan fingerprint density at radius 3 is 2.67 bits per heavy atom. The quantitative estimate of drug-likeness (QED) is 0.915. The van der Waals surface area contributed by atoms with E-state index in [1.54, 1.807) is 6.07 Å². The fourth-order valence-electron chi connectivity index (χ4n) is 2.55. The van der Waals surface area contributed by atoms with Crippen molar-refractivity contribution >= 4 is 9.84 Å². The second-order valence-corrected chi connectivity index (χ2v) is 6.74. The van der Waals surface area contributed by atoms with Gasteiger partial charge in [-0.2, -0.15) is 0 Å². The number of sulfone groups is 1. The largest absolute Gasteiger partial charge is 0.309 e. The molecule has 0 radical (unpaired) electrons. The third-order valence-electron chi connectivity index (χ3n) is 3.40. The molecule has 1 N–H and O–H groups in total. The second-order valence-electron chi connectivity index (χ2n) is 4.61. The number of nitrogens with one attached hydrogen (secondary N) is 1. The van der Waals surface area contributed by atoms with Crippen molar-refractivity contribution in [1.82, 2.24) is 5.32 Å². The molecule has 0 aromatic heterocycles. The fourth-order valence-corrected chi connectivity index (χ4v) is 4.72. The highest BCUT2D eigenvalue weighted by Crippen LogP contribution is 2.40. The van der Waals surface area contributed by atoms with E-state index in [2.05, 4.69) is 5.32 Å². The number of hydrogen-bond acceptors (Lipinski definition) is 3. The van der Waals surface area contributed by atoms with E-state index in [1.165, 1.54) is 6.07 Å². The predicted molar refractivity (Wildman–Crippen MR) is 68.7 cm³/mol. The number of benzene rings is 1. The molecule has 3 nitrogen and oxygen atoms in total. The van der Waals surface area contributed by atoms with Gasteiger partial charge in [0.1, 0.15) is 5.82 Å². The summed E-state index contributed by atoms with van der Waals surface area (Å²) in [4.78, 5) is 0.156. The topological polar surface area (TPSA) is 46.2 Å². The minimum Gasteiger partial charge on any atom is -0.309 e. The van der Waals surface area contributed by atoms with Gasteiger partial charge in [0, 0.05) is 0 Å². The van der Waals surface area contributed by atoms with Gasteiger partial charge < -0.3 is 5.32 Å². The molecule has 1 aliphatic heterocycles. The van der Waals surface area contributed by atoms with Gasteiger partial charge in [0.15, 0.2) is 9.84 Å². The van der Waals surface area contributed by atoms with E-state index in [0.29, 0.717) is 12.0 Å². The predicted octanol–water partition coefficient (Wildman–Crippen LogP) is 2.43. The standard InChI is InChI=1S/C13H18FNO2S/c1-3-7-15-13-10-6-5-9(14)8-12(10)18(16,17)11(13)4-2/h5-6,8,11,13,15H,3-4,7H2,1-2H3. The molecule has 1 aromatic carbocycles. The summed E-state index contributed by atoms with van der Waals surface area (Å²) in [6, 6.07) is 3.84. The van der Waals surface area contributed by atoms with Crippen molar-refractivity contribution < 1.29 is 12.8 Å². The zero-order valence-electron chi connectivity index (χ0n) is 10.6. The number of rotatable bonds is 4. The van der Waals surface area contributed by atoms with E-state index in [9.17, 15) is 12.8 Å². The van der Waals surface area contributed by atoms with Crippen molar-refractivity contribution in [3.8, 4) is 0 Å². The van der Waals surface area contributed by atoms with E-state index in [1.807, 2.05) is 13.8 Å². The lowest BCUT2D eigenvalue weighted by molar-refractivity contribution is 0.492. The lowest BCUT2D eigenvalue weighted by Gasteiger charge is -2.19. The highest BCUT2D eigenvalue weighted by atomic mass is 32.2. The normalized spacial score (nSPS) is 25.1. The monoisotopic (exact) mass is 271 g/mol. The molecule has 0 bridgehead atoms. The second kappa shape index (κ2) is 4.97. The van der Waals surface area contributed by atoms with Gasteiger partial charge in [-0.1, -0.05) is 19.9 Å². The van der Waals surface area contributed by atoms with Crippen LogP contribution in [0.15, 0.2) is 23.1 Å². The molecule has 1 heterocycles. The van der Waals surface area contributed by atoms with Crippen molar-refractivity contribution in [2.24, 2.45) is 0 Å². The summed E-state index contributed by atoms with van der Waals surface area (Å²) in [7, 11) is -3.40. The van der Waals surface area contributed by atoms with Crippen molar-refractivity contribution in [2.75, 3.05) is 6.54 Å². The summed E-state index contributed by atoms with van der Waals surface area (Å²) in [6.07, 6.45) is 1.46. The van der Waals surface area contributed by atoms with Crippen molar-refractivity contribution in [2.45, 2.75) is 42.9 Å². The maximum absolute atomic E-state index is 13.2. The molecule has 0 saturated carbocycles. The summed E-state index contributed by atoms with van der Waals surface area (Å²) in [6.45, 7) is 4.64. The SMILES string of the molecule is CCCNC1c2ccc(F)cc2S(=O)(=O)C1CC. The zero-order chi connectivity index (χ0) is 13.3. The molecule has 1 aliphatic rings. The van der Waals surface area contributed by atoms with E-state index >= 15 is 0 Å². The average Bonchev–Trinajstić information content (AvgIpc) is 2.54. The molecule has 0 spiro atoms. The summed E-state index contributed by atoms with van der Waals surface area (Å²) in [5.41, 5.74) is 0.705. The zero-order valence-corrected chi connectivity index (χ0v) is 11.4. The molecule has 2 atom stereocenters. The molecule has 1 aromatic rings. The van der Waals surface area contributed by atoms with Crippen molar-refractivity contribution in [3.63, 3.8) is 0 Å². The Kier molecular flexibility index (Phi) is 3.73. The Morgan fingerprint density at radius 1 is 1.33 bits per heavy atom. The maximum Gasteiger partial charge on any atom is 0.183 e. The molecule has 100 valence electrons. The molecular formula is C13H18FNO2S. The van der Waals surface area contributed by atoms with Crippen LogP contribution in [0.2, 0.25) is 0 Å². The Balaban J connectivity index is 2.50. The van der Waals surface area contributed by atoms with E-state index in [0.717, 1.165) is 19.0 Å². The van der Waals surface area contributed by atoms with Crippen LogP contribution in [0.5, 0.6) is 0 Å². The van der Waals surface area contributed by atoms with Crippen LogP contribution in [0.1, 0.15) is 38.3 Å². The van der Waals surface area contributed by atoms with Gasteiger partial charge in [0.2, 0.25) is 0 Å². The molecular weight excluding hydrogens is 253 g/mol. The summed E-state index contributed by atoms with van der Waals surface area (Å²) in [5, 5.41) is 2.78. The van der Waals surface area contributed by atoms with Crippen LogP contribution in [0.25, 0.3) is 0 Å². The molecule has 0 saturated heterocycles. The molecule has 5 heteroatoms. The Bertz CT molecular complexity index is 542. The van der Waals surface area contributed by atoms with Crippen LogP contribution in [0.3, 0.4) is 0 Å². The van der Waals surface area contributed by atoms with Gasteiger partial charge in [-0.25, -0.2) is 12.8 Å². The molecule has 18 heavy (non-hydrogen) atoms. The molecule has 0 aliphatic carbocycles. The first-order valence-electron chi connectivity index (χ1n) is 6.29. The Morgan fingerprint density at radius 2 is 2.06 bits per heavy atom. The lowest BCUT2D eigenvalue weighted by Crippen LogP contribution is -2.31. The minimum absolute atomic E-state index is 0.156. The third kappa shape index (κ3) is 2.06. The average molecular weight is 271 g/mol. The number of halogens is 1. The van der Waals surface area contributed by atoms with Gasteiger partial charge in [0.25, 0.3) is 0 Å². The van der Waals surface area contributed by atoms with Crippen LogP contribution in [-0.4, -0.2) is 20.2 Å². The summed E-state index contributed by atoms with van der Waals surface area (Å²) < 4.78 is 37.9. The summed E-state index contributed by atoms with van der Waals surface area (Å²) >= 11 is 0. The molecule has 2 rings (SSSR count). The third-order valence-corrected chi connectivity index (χ3v) is 5.77. The van der Waals surface area contributed by atoms with Crippen molar-refractivity contribution in [1.29, 1.82) is 0 Å². The Hall–Kier alpha value is -0.940. The van der Waals surface area contributed by atoms with Crippen LogP contribution >= 0.6 is 0 Å². The number of hydrogen-bond donors (Lipinski definition) is 1. The highest BCUT2D eigenvalue weighted by molar-refractivity contribution is 7.92. The Labute approximate surface area is 107 Å². The summed E-state index contributed by atoms with van der Waals surface area (Å²) in [5.74, 6) is -0.497. The van der Waals surface area contributed by atoms with Crippen LogP contribution in [0.4, 0.5) is 4.39 Å². The number of fused-ring (bicyclic) bond motifs is 1. The molecule has 0 amide bonds. The smallest absolute Gasteiger partial charge is 0.183 e. The highest BCUT2D eigenvalue weighted by Gasteiger charge is 2.43. The first-order chi connectivity index (χ1) is 8.52. The minimum atomic E-state index is -3.40. The molecule has 2 unspecified atom stereocenters. The van der Waals surface area contributed by atoms with Crippen LogP contribution in [-0.2, 0) is 9.84 Å². The van der Waals surface area contributed by atoms with Gasteiger partial charge in [-0.05, 0) is 37.1 Å². The molecule has 0 fully saturated rings. The van der Waals surface area contributed by atoms with Gasteiger partial charge in [-0.15, -0.1) is 0 Å². The van der Waals surface area contributed by atoms with Gasteiger partial charge in [-0.3, -0.25) is 0 Å². The first kappa shape index (κ1) is 13.5. The van der Waals surface area contributed by atoms with Crippen LogP contribution < -0.4 is 5.32 Å². The van der Waals surface area contributed by atoms with E-state index < -0.39 is 20.9 Å². The van der Waals surface area contributed by atoms with Crippen molar-refractivity contribution in [3.05, 3.63) is 29.6 Å². The lowest BCUT2D eigenvalue weighted by atomic mass is 10.0. The van der Waals surface area contributed by atoms with E-state index in [4.69, 9.17) is 0 Å². The van der Waals surface area contributed by atoms with E-state index in [-0.39, 0.29) is 10.9 Å². The van der Waals surface area contributed by atoms with Gasteiger partial charge >= 0.3 is 0 Å². The maximum atomic E-state index is 13.2. The first-order valence-corrected chi connectivity index (χ1v) is 7.83. The van der Waals surface area contributed by atoms with Crippen LogP contribution in [0, 0.1) is 5.82 Å². The fraction of sp³-hybridized carbons (Fsp3) is 0.538. The van der Waals surface area contributed by atoms with Gasteiger partial charge in [0.05, 0.1) is 16.2 Å².